The number of hydrogen-bond donors (Lipinski definition) is 1. The summed E-state index contributed by atoms with van der Waals surface area (Å²) >= 11 is 0. The van der Waals surface area contributed by atoms with E-state index in [2.05, 4.69) is 10.3 Å². The molecule has 0 fully saturated rings. The number of nitrogens with one attached hydrogen (secondary N) is 1. The number of aromatic nitrogens is 1. The lowest BCUT2D eigenvalue weighted by Crippen LogP contribution is -2.44. The molecule has 2 rings (SSSR count). The Bertz CT molecular complexity index is 682. The highest BCUT2D eigenvalue weighted by atomic mass is 16.5. The number of fused-ring (bicyclic) bond motifs is 1. The van der Waals surface area contributed by atoms with E-state index < -0.39 is 12.0 Å². The maximum absolute atomic E-state index is 11.9. The van der Waals surface area contributed by atoms with Gasteiger partial charge < -0.3 is 10.1 Å². The van der Waals surface area contributed by atoms with Crippen molar-refractivity contribution in [2.45, 2.75) is 26.3 Å². The van der Waals surface area contributed by atoms with Gasteiger partial charge in [0.05, 0.1) is 12.6 Å². The molecule has 0 unspecified atom stereocenters. The van der Waals surface area contributed by atoms with Gasteiger partial charge in [-0.05, 0) is 12.1 Å². The van der Waals surface area contributed by atoms with Crippen molar-refractivity contribution in [3.05, 3.63) is 42.1 Å². The molecule has 5 heteroatoms. The number of carbonyl (C=O) groups excluding carboxylic acids is 2. The molecule has 1 atom stereocenters. The third-order valence-corrected chi connectivity index (χ3v) is 3.40. The molecule has 0 saturated carbocycles. The minimum Gasteiger partial charge on any atom is -0.467 e. The van der Waals surface area contributed by atoms with E-state index in [0.29, 0.717) is 6.42 Å². The Morgan fingerprint density at radius 2 is 1.91 bits per heavy atom. The van der Waals surface area contributed by atoms with E-state index in [9.17, 15) is 9.59 Å². The molecular formula is C17H20N2O3. The summed E-state index contributed by atoms with van der Waals surface area (Å²) < 4.78 is 4.77. The maximum Gasteiger partial charge on any atom is 0.328 e. The number of methoxy groups -OCH3 is 1. The first-order valence-corrected chi connectivity index (χ1v) is 7.24. The average molecular weight is 300 g/mol. The van der Waals surface area contributed by atoms with E-state index in [4.69, 9.17) is 4.74 Å². The van der Waals surface area contributed by atoms with Crippen LogP contribution in [-0.2, 0) is 20.7 Å². The van der Waals surface area contributed by atoms with Gasteiger partial charge in [-0.25, -0.2) is 4.79 Å². The fourth-order valence-corrected chi connectivity index (χ4v) is 2.10. The zero-order valence-corrected chi connectivity index (χ0v) is 13.0. The minimum absolute atomic E-state index is 0.184. The number of ether oxygens (including phenoxy) is 1. The van der Waals surface area contributed by atoms with E-state index >= 15 is 0 Å². The lowest BCUT2D eigenvalue weighted by molar-refractivity contribution is -0.145. The van der Waals surface area contributed by atoms with Crippen LogP contribution in [0.15, 0.2) is 36.4 Å². The number of pyridine rings is 1. The first-order chi connectivity index (χ1) is 10.5. The van der Waals surface area contributed by atoms with Gasteiger partial charge in [-0.2, -0.15) is 0 Å². The van der Waals surface area contributed by atoms with Gasteiger partial charge in [-0.1, -0.05) is 38.1 Å². The summed E-state index contributed by atoms with van der Waals surface area (Å²) in [5.74, 6) is -0.850. The first kappa shape index (κ1) is 15.9. The van der Waals surface area contributed by atoms with E-state index in [1.54, 1.807) is 13.8 Å². The van der Waals surface area contributed by atoms with Gasteiger partial charge in [0.1, 0.15) is 6.04 Å². The second-order valence-corrected chi connectivity index (χ2v) is 5.44. The number of benzene rings is 1. The van der Waals surface area contributed by atoms with E-state index in [-0.39, 0.29) is 11.8 Å². The van der Waals surface area contributed by atoms with Gasteiger partial charge in [0.2, 0.25) is 5.91 Å². The Balaban J connectivity index is 2.20. The van der Waals surface area contributed by atoms with Crippen LogP contribution in [0.4, 0.5) is 0 Å². The van der Waals surface area contributed by atoms with Crippen LogP contribution in [0.25, 0.3) is 10.9 Å². The van der Waals surface area contributed by atoms with Crippen LogP contribution in [0.2, 0.25) is 0 Å². The molecule has 0 bridgehead atoms. The Morgan fingerprint density at radius 3 is 2.59 bits per heavy atom. The standard InChI is InChI=1S/C17H20N2O3/c1-11(2)16(20)19-15(17(21)22-3)10-13-9-8-12-6-4-5-7-14(12)18-13/h4-9,11,15H,10H2,1-3H3,(H,19,20)/t15-/m0/s1. The molecule has 5 nitrogen and oxygen atoms in total. The molecule has 1 N–H and O–H groups in total. The number of esters is 1. The SMILES string of the molecule is COC(=O)[C@H](Cc1ccc2ccccc2n1)NC(=O)C(C)C. The van der Waals surface area contributed by atoms with Gasteiger partial charge in [0.25, 0.3) is 0 Å². The van der Waals surface area contributed by atoms with Crippen LogP contribution >= 0.6 is 0 Å². The number of para-hydroxylation sites is 1. The van der Waals surface area contributed by atoms with Crippen LogP contribution < -0.4 is 5.32 Å². The predicted molar refractivity (Wildman–Crippen MR) is 84.2 cm³/mol. The summed E-state index contributed by atoms with van der Waals surface area (Å²) in [6.45, 7) is 3.55. The number of carbonyl (C=O) groups is 2. The molecule has 0 spiro atoms. The Hall–Kier alpha value is -2.43. The summed E-state index contributed by atoms with van der Waals surface area (Å²) in [4.78, 5) is 28.2. The molecule has 0 aliphatic heterocycles. The topological polar surface area (TPSA) is 68.3 Å². The van der Waals surface area contributed by atoms with Crippen molar-refractivity contribution in [1.82, 2.24) is 10.3 Å². The van der Waals surface area contributed by atoms with Crippen molar-refractivity contribution in [2.24, 2.45) is 5.92 Å². The van der Waals surface area contributed by atoms with E-state index in [0.717, 1.165) is 16.6 Å². The third kappa shape index (κ3) is 3.81. The summed E-state index contributed by atoms with van der Waals surface area (Å²) in [6.07, 6.45) is 0.302. The number of nitrogens with zero attached hydrogens (tertiary/aromatic N) is 1. The Morgan fingerprint density at radius 1 is 1.18 bits per heavy atom. The first-order valence-electron chi connectivity index (χ1n) is 7.24. The molecule has 1 aromatic heterocycles. The molecule has 1 aromatic carbocycles. The summed E-state index contributed by atoms with van der Waals surface area (Å²) in [6, 6.07) is 10.8. The molecule has 0 radical (unpaired) electrons. The molecular weight excluding hydrogens is 280 g/mol. The molecule has 0 aliphatic carbocycles. The lowest BCUT2D eigenvalue weighted by Gasteiger charge is -2.17. The maximum atomic E-state index is 11.9. The Kier molecular flexibility index (Phi) is 5.09. The minimum atomic E-state index is -0.728. The fourth-order valence-electron chi connectivity index (χ4n) is 2.10. The quantitative estimate of drug-likeness (QED) is 0.859. The van der Waals surface area contributed by atoms with Crippen LogP contribution in [0.1, 0.15) is 19.5 Å². The third-order valence-electron chi connectivity index (χ3n) is 3.40. The van der Waals surface area contributed by atoms with Gasteiger partial charge in [-0.3, -0.25) is 9.78 Å². The van der Waals surface area contributed by atoms with Crippen LogP contribution in [0.5, 0.6) is 0 Å². The van der Waals surface area contributed by atoms with Crippen LogP contribution in [0.3, 0.4) is 0 Å². The van der Waals surface area contributed by atoms with E-state index in [1.807, 2.05) is 36.4 Å². The van der Waals surface area contributed by atoms with Gasteiger partial charge >= 0.3 is 5.97 Å². The van der Waals surface area contributed by atoms with Crippen molar-refractivity contribution in [1.29, 1.82) is 0 Å². The van der Waals surface area contributed by atoms with Gasteiger partial charge in [0.15, 0.2) is 0 Å². The van der Waals surface area contributed by atoms with Crippen molar-refractivity contribution in [2.75, 3.05) is 7.11 Å². The van der Waals surface area contributed by atoms with Crippen molar-refractivity contribution < 1.29 is 14.3 Å². The van der Waals surface area contributed by atoms with Crippen LogP contribution in [-0.4, -0.2) is 30.0 Å². The lowest BCUT2D eigenvalue weighted by atomic mass is 10.1. The molecule has 1 amide bonds. The van der Waals surface area contributed by atoms with Gasteiger partial charge in [0, 0.05) is 23.4 Å². The van der Waals surface area contributed by atoms with Crippen LogP contribution in [0, 0.1) is 5.92 Å². The second-order valence-electron chi connectivity index (χ2n) is 5.44. The monoisotopic (exact) mass is 300 g/mol. The summed E-state index contributed by atoms with van der Waals surface area (Å²) in [7, 11) is 1.31. The fraction of sp³-hybridized carbons (Fsp3) is 0.353. The second kappa shape index (κ2) is 7.02. The molecule has 116 valence electrons. The number of hydrogen-bond acceptors (Lipinski definition) is 4. The largest absolute Gasteiger partial charge is 0.467 e. The summed E-state index contributed by atoms with van der Waals surface area (Å²) in [5.41, 5.74) is 1.59. The highest BCUT2D eigenvalue weighted by Gasteiger charge is 2.23. The smallest absolute Gasteiger partial charge is 0.328 e. The molecule has 22 heavy (non-hydrogen) atoms. The number of amides is 1. The average Bonchev–Trinajstić information content (AvgIpc) is 2.53. The highest BCUT2D eigenvalue weighted by molar-refractivity contribution is 5.85. The molecule has 1 heterocycles. The summed E-state index contributed by atoms with van der Waals surface area (Å²) in [5, 5.41) is 3.74. The zero-order valence-electron chi connectivity index (χ0n) is 13.0. The zero-order chi connectivity index (χ0) is 16.1. The van der Waals surface area contributed by atoms with Crippen molar-refractivity contribution in [3.63, 3.8) is 0 Å². The number of rotatable bonds is 5. The van der Waals surface area contributed by atoms with E-state index in [1.165, 1.54) is 7.11 Å². The highest BCUT2D eigenvalue weighted by Crippen LogP contribution is 2.13. The molecule has 0 aliphatic rings. The molecule has 2 aromatic rings. The normalized spacial score (nSPS) is 12.2. The van der Waals surface area contributed by atoms with Crippen molar-refractivity contribution in [3.8, 4) is 0 Å². The van der Waals surface area contributed by atoms with Gasteiger partial charge in [-0.15, -0.1) is 0 Å². The Labute approximate surface area is 129 Å². The molecule has 0 saturated heterocycles. The van der Waals surface area contributed by atoms with Crippen molar-refractivity contribution >= 4 is 22.8 Å². The predicted octanol–water partition coefficient (Wildman–Crippen LogP) is 2.09.